The zero-order chi connectivity index (χ0) is 12.2. The number of carbonyl (C=O) groups is 2. The predicted molar refractivity (Wildman–Crippen MR) is 61.0 cm³/mol. The first kappa shape index (κ1) is 13.0. The highest BCUT2D eigenvalue weighted by Gasteiger charge is 2.28. The Morgan fingerprint density at radius 3 is 2.38 bits per heavy atom. The van der Waals surface area contributed by atoms with E-state index in [1.165, 1.54) is 12.8 Å². The summed E-state index contributed by atoms with van der Waals surface area (Å²) < 4.78 is 0. The molecule has 0 aromatic heterocycles. The second kappa shape index (κ2) is 5.32. The summed E-state index contributed by atoms with van der Waals surface area (Å²) in [6, 6.07) is 0. The minimum Gasteiger partial charge on any atom is -0.481 e. The molecule has 0 atom stereocenters. The molecule has 1 aliphatic carbocycles. The summed E-state index contributed by atoms with van der Waals surface area (Å²) in [7, 11) is 0. The number of rotatable bonds is 5. The number of nitrogens with one attached hydrogen (secondary N) is 1. The van der Waals surface area contributed by atoms with Crippen molar-refractivity contribution >= 4 is 11.9 Å². The fraction of sp³-hybridized carbons (Fsp3) is 0.833. The molecule has 0 bridgehead atoms. The highest BCUT2D eigenvalue weighted by atomic mass is 16.4. The molecule has 0 spiro atoms. The summed E-state index contributed by atoms with van der Waals surface area (Å²) in [5, 5.41) is 11.6. The predicted octanol–water partition coefficient (Wildman–Crippen LogP) is 1.79. The van der Waals surface area contributed by atoms with Crippen molar-refractivity contribution in [1.82, 2.24) is 5.32 Å². The first-order chi connectivity index (χ1) is 7.42. The summed E-state index contributed by atoms with van der Waals surface area (Å²) in [6.07, 6.45) is 5.26. The third-order valence-electron chi connectivity index (χ3n) is 3.26. The highest BCUT2D eigenvalue weighted by molar-refractivity contribution is 5.78. The van der Waals surface area contributed by atoms with Crippen molar-refractivity contribution in [2.45, 2.75) is 46.0 Å². The number of aliphatic carboxylic acids is 1. The molecule has 2 N–H and O–H groups in total. The third-order valence-corrected chi connectivity index (χ3v) is 3.26. The Morgan fingerprint density at radius 1 is 1.31 bits per heavy atom. The van der Waals surface area contributed by atoms with Gasteiger partial charge in [-0.15, -0.1) is 0 Å². The average molecular weight is 227 g/mol. The summed E-state index contributed by atoms with van der Waals surface area (Å²) in [4.78, 5) is 22.4. The van der Waals surface area contributed by atoms with Crippen LogP contribution in [0.1, 0.15) is 46.0 Å². The molecule has 4 heteroatoms. The first-order valence-corrected chi connectivity index (χ1v) is 5.92. The lowest BCUT2D eigenvalue weighted by atomic mass is 9.93. The summed E-state index contributed by atoms with van der Waals surface area (Å²) >= 11 is 0. The van der Waals surface area contributed by atoms with Crippen molar-refractivity contribution < 1.29 is 14.7 Å². The van der Waals surface area contributed by atoms with Crippen molar-refractivity contribution in [2.24, 2.45) is 11.3 Å². The Bertz CT molecular complexity index is 267. The van der Waals surface area contributed by atoms with Gasteiger partial charge in [0.05, 0.1) is 5.41 Å². The molecule has 92 valence electrons. The van der Waals surface area contributed by atoms with Crippen LogP contribution in [0.4, 0.5) is 0 Å². The van der Waals surface area contributed by atoms with Crippen LogP contribution >= 0.6 is 0 Å². The number of carboxylic acids is 1. The SMILES string of the molecule is CC(C)(CNC(=O)CC1CCCC1)C(=O)O. The quantitative estimate of drug-likeness (QED) is 0.752. The topological polar surface area (TPSA) is 66.4 Å². The number of hydrogen-bond acceptors (Lipinski definition) is 2. The van der Waals surface area contributed by atoms with Crippen LogP contribution in [0.5, 0.6) is 0 Å². The van der Waals surface area contributed by atoms with Crippen LogP contribution < -0.4 is 5.32 Å². The summed E-state index contributed by atoms with van der Waals surface area (Å²) in [5.41, 5.74) is -0.884. The van der Waals surface area contributed by atoms with Gasteiger partial charge in [-0.1, -0.05) is 12.8 Å². The summed E-state index contributed by atoms with van der Waals surface area (Å²) in [5.74, 6) is -0.386. The monoisotopic (exact) mass is 227 g/mol. The lowest BCUT2D eigenvalue weighted by Gasteiger charge is -2.20. The van der Waals surface area contributed by atoms with Crippen molar-refractivity contribution in [2.75, 3.05) is 6.54 Å². The Kier molecular flexibility index (Phi) is 4.33. The normalized spacial score (nSPS) is 17.4. The van der Waals surface area contributed by atoms with Crippen LogP contribution in [-0.4, -0.2) is 23.5 Å². The van der Waals surface area contributed by atoms with Gasteiger partial charge in [0.25, 0.3) is 0 Å². The molecule has 0 radical (unpaired) electrons. The molecular formula is C12H21NO3. The number of amides is 1. The van der Waals surface area contributed by atoms with E-state index in [1.807, 2.05) is 0 Å². The van der Waals surface area contributed by atoms with Crippen LogP contribution in [0.25, 0.3) is 0 Å². The largest absolute Gasteiger partial charge is 0.481 e. The Labute approximate surface area is 96.4 Å². The Morgan fingerprint density at radius 2 is 1.88 bits per heavy atom. The molecule has 0 aromatic carbocycles. The molecule has 1 rings (SSSR count). The summed E-state index contributed by atoms with van der Waals surface area (Å²) in [6.45, 7) is 3.43. The van der Waals surface area contributed by atoms with Crippen LogP contribution in [0.15, 0.2) is 0 Å². The lowest BCUT2D eigenvalue weighted by Crippen LogP contribution is -2.39. The lowest BCUT2D eigenvalue weighted by molar-refractivity contribution is -0.146. The number of carbonyl (C=O) groups excluding carboxylic acids is 1. The Hall–Kier alpha value is -1.06. The first-order valence-electron chi connectivity index (χ1n) is 5.92. The van der Waals surface area contributed by atoms with Gasteiger partial charge >= 0.3 is 5.97 Å². The van der Waals surface area contributed by atoms with Gasteiger partial charge in [-0.3, -0.25) is 9.59 Å². The maximum atomic E-state index is 11.6. The molecule has 16 heavy (non-hydrogen) atoms. The third kappa shape index (κ3) is 3.83. The van der Waals surface area contributed by atoms with E-state index in [0.717, 1.165) is 12.8 Å². The minimum atomic E-state index is -0.884. The van der Waals surface area contributed by atoms with Gasteiger partial charge in [0, 0.05) is 13.0 Å². The molecule has 0 heterocycles. The van der Waals surface area contributed by atoms with Crippen molar-refractivity contribution in [3.63, 3.8) is 0 Å². The van der Waals surface area contributed by atoms with E-state index in [-0.39, 0.29) is 12.5 Å². The van der Waals surface area contributed by atoms with Crippen LogP contribution in [-0.2, 0) is 9.59 Å². The molecule has 0 aliphatic heterocycles. The second-order valence-electron chi connectivity index (χ2n) is 5.32. The van der Waals surface area contributed by atoms with E-state index in [4.69, 9.17) is 5.11 Å². The van der Waals surface area contributed by atoms with Crippen LogP contribution in [0.3, 0.4) is 0 Å². The fourth-order valence-corrected chi connectivity index (χ4v) is 1.94. The maximum Gasteiger partial charge on any atom is 0.310 e. The van der Waals surface area contributed by atoms with Gasteiger partial charge in [0.15, 0.2) is 0 Å². The molecule has 0 unspecified atom stereocenters. The van der Waals surface area contributed by atoms with Crippen molar-refractivity contribution in [3.05, 3.63) is 0 Å². The van der Waals surface area contributed by atoms with E-state index < -0.39 is 11.4 Å². The van der Waals surface area contributed by atoms with Gasteiger partial charge in [-0.25, -0.2) is 0 Å². The standard InChI is InChI=1S/C12H21NO3/c1-12(2,11(15)16)8-13-10(14)7-9-5-3-4-6-9/h9H,3-8H2,1-2H3,(H,13,14)(H,15,16). The van der Waals surface area contributed by atoms with Crippen molar-refractivity contribution in [1.29, 1.82) is 0 Å². The van der Waals surface area contributed by atoms with Gasteiger partial charge in [0.2, 0.25) is 5.91 Å². The van der Waals surface area contributed by atoms with E-state index >= 15 is 0 Å². The maximum absolute atomic E-state index is 11.6. The molecule has 1 saturated carbocycles. The molecular weight excluding hydrogens is 206 g/mol. The smallest absolute Gasteiger partial charge is 0.310 e. The van der Waals surface area contributed by atoms with Gasteiger partial charge in [-0.2, -0.15) is 0 Å². The zero-order valence-electron chi connectivity index (χ0n) is 10.1. The fourth-order valence-electron chi connectivity index (χ4n) is 1.94. The molecule has 1 amide bonds. The van der Waals surface area contributed by atoms with Crippen LogP contribution in [0.2, 0.25) is 0 Å². The van der Waals surface area contributed by atoms with E-state index in [9.17, 15) is 9.59 Å². The molecule has 0 saturated heterocycles. The average Bonchev–Trinajstić information content (AvgIpc) is 2.67. The van der Waals surface area contributed by atoms with Gasteiger partial charge in [-0.05, 0) is 32.6 Å². The number of hydrogen-bond donors (Lipinski definition) is 2. The van der Waals surface area contributed by atoms with Gasteiger partial charge in [0.1, 0.15) is 0 Å². The van der Waals surface area contributed by atoms with E-state index in [2.05, 4.69) is 5.32 Å². The minimum absolute atomic E-state index is 0.0128. The van der Waals surface area contributed by atoms with Crippen molar-refractivity contribution in [3.8, 4) is 0 Å². The van der Waals surface area contributed by atoms with Crippen LogP contribution in [0, 0.1) is 11.3 Å². The van der Waals surface area contributed by atoms with E-state index in [1.54, 1.807) is 13.8 Å². The Balaban J connectivity index is 2.26. The molecule has 1 aliphatic rings. The molecule has 0 aromatic rings. The molecule has 4 nitrogen and oxygen atoms in total. The van der Waals surface area contributed by atoms with Gasteiger partial charge < -0.3 is 10.4 Å². The zero-order valence-corrected chi connectivity index (χ0v) is 10.1. The highest BCUT2D eigenvalue weighted by Crippen LogP contribution is 2.27. The molecule has 1 fully saturated rings. The second-order valence-corrected chi connectivity index (χ2v) is 5.32. The number of carboxylic acid groups (broad SMARTS) is 1. The van der Waals surface area contributed by atoms with E-state index in [0.29, 0.717) is 12.3 Å².